The average Bonchev–Trinajstić information content (AvgIpc) is 2.46. The molecule has 1 amide bonds. The number of hydrogen-bond donors (Lipinski definition) is 3. The summed E-state index contributed by atoms with van der Waals surface area (Å²) in [6.45, 7) is 4.18. The van der Waals surface area contributed by atoms with Crippen LogP contribution in [-0.4, -0.2) is 29.1 Å². The Labute approximate surface area is 124 Å². The van der Waals surface area contributed by atoms with Gasteiger partial charge in [-0.1, -0.05) is 37.6 Å². The van der Waals surface area contributed by atoms with Gasteiger partial charge in [0.15, 0.2) is 0 Å². The van der Waals surface area contributed by atoms with Crippen molar-refractivity contribution in [3.8, 4) is 0 Å². The van der Waals surface area contributed by atoms with Gasteiger partial charge in [0.25, 0.3) is 0 Å². The summed E-state index contributed by atoms with van der Waals surface area (Å²) in [6, 6.07) is 7.31. The maximum atomic E-state index is 12.5. The van der Waals surface area contributed by atoms with Crippen LogP contribution in [0.2, 0.25) is 0 Å². The van der Waals surface area contributed by atoms with E-state index in [1.165, 1.54) is 0 Å². The monoisotopic (exact) mass is 290 g/mol. The summed E-state index contributed by atoms with van der Waals surface area (Å²) in [7, 11) is 0. The molecule has 0 radical (unpaired) electrons. The summed E-state index contributed by atoms with van der Waals surface area (Å²) in [5.74, 6) is -1.28. The van der Waals surface area contributed by atoms with Gasteiger partial charge in [-0.05, 0) is 30.9 Å². The number of carboxylic acid groups (broad SMARTS) is 1. The van der Waals surface area contributed by atoms with Crippen LogP contribution in [0.4, 0.5) is 0 Å². The number of carbonyl (C=O) groups is 2. The molecule has 2 unspecified atom stereocenters. The minimum atomic E-state index is -1.22. The highest BCUT2D eigenvalue weighted by Crippen LogP contribution is 2.24. The van der Waals surface area contributed by atoms with Crippen LogP contribution < -0.4 is 10.6 Å². The van der Waals surface area contributed by atoms with Crippen molar-refractivity contribution in [2.75, 3.05) is 6.54 Å². The zero-order valence-electron chi connectivity index (χ0n) is 12.5. The van der Waals surface area contributed by atoms with E-state index in [4.69, 9.17) is 0 Å². The highest BCUT2D eigenvalue weighted by Gasteiger charge is 2.37. The molecule has 0 fully saturated rings. The van der Waals surface area contributed by atoms with E-state index in [1.807, 2.05) is 31.2 Å². The van der Waals surface area contributed by atoms with Gasteiger partial charge in [0.1, 0.15) is 11.6 Å². The lowest BCUT2D eigenvalue weighted by Crippen LogP contribution is -2.55. The van der Waals surface area contributed by atoms with Crippen molar-refractivity contribution in [1.82, 2.24) is 10.6 Å². The summed E-state index contributed by atoms with van der Waals surface area (Å²) in [4.78, 5) is 24.0. The molecule has 5 nitrogen and oxygen atoms in total. The topological polar surface area (TPSA) is 78.4 Å². The summed E-state index contributed by atoms with van der Waals surface area (Å²) in [6.07, 6.45) is 1.98. The fourth-order valence-corrected chi connectivity index (χ4v) is 2.81. The van der Waals surface area contributed by atoms with Gasteiger partial charge in [-0.25, -0.2) is 4.79 Å². The Morgan fingerprint density at radius 1 is 1.43 bits per heavy atom. The van der Waals surface area contributed by atoms with E-state index in [0.717, 1.165) is 17.5 Å². The van der Waals surface area contributed by atoms with Crippen molar-refractivity contribution in [2.45, 2.75) is 44.7 Å². The van der Waals surface area contributed by atoms with Crippen molar-refractivity contribution in [3.05, 3.63) is 35.4 Å². The Balaban J connectivity index is 2.20. The minimum Gasteiger partial charge on any atom is -0.480 e. The number of nitrogens with one attached hydrogen (secondary N) is 2. The molecule has 1 aliphatic heterocycles. The van der Waals surface area contributed by atoms with Crippen LogP contribution in [0, 0.1) is 0 Å². The van der Waals surface area contributed by atoms with Crippen molar-refractivity contribution in [1.29, 1.82) is 0 Å². The number of aliphatic carboxylic acids is 1. The Kier molecular flexibility index (Phi) is 4.63. The van der Waals surface area contributed by atoms with Crippen LogP contribution in [0.1, 0.15) is 43.9 Å². The molecule has 0 spiro atoms. The second-order valence-corrected chi connectivity index (χ2v) is 5.71. The molecule has 1 heterocycles. The fourth-order valence-electron chi connectivity index (χ4n) is 2.81. The molecule has 2 atom stereocenters. The van der Waals surface area contributed by atoms with Crippen LogP contribution >= 0.6 is 0 Å². The molecule has 1 aliphatic rings. The van der Waals surface area contributed by atoms with Crippen molar-refractivity contribution in [2.24, 2.45) is 0 Å². The van der Waals surface area contributed by atoms with Gasteiger partial charge in [0, 0.05) is 6.54 Å². The van der Waals surface area contributed by atoms with Crippen LogP contribution in [0.5, 0.6) is 0 Å². The standard InChI is InChI=1S/C16H22N2O3/c1-3-9-16(2,15(20)21)18-14(19)13-12-7-5-4-6-11(12)8-10-17-13/h4-7,13,17H,3,8-10H2,1-2H3,(H,18,19)(H,20,21). The summed E-state index contributed by atoms with van der Waals surface area (Å²) >= 11 is 0. The first-order chi connectivity index (χ1) is 9.98. The first-order valence-electron chi connectivity index (χ1n) is 7.34. The number of amides is 1. The Morgan fingerprint density at radius 3 is 2.81 bits per heavy atom. The molecule has 1 aromatic carbocycles. The van der Waals surface area contributed by atoms with Crippen LogP contribution in [0.15, 0.2) is 24.3 Å². The molecule has 0 bridgehead atoms. The van der Waals surface area contributed by atoms with Crippen LogP contribution in [0.3, 0.4) is 0 Å². The van der Waals surface area contributed by atoms with Crippen molar-refractivity contribution in [3.63, 3.8) is 0 Å². The summed E-state index contributed by atoms with van der Waals surface area (Å²) in [5.41, 5.74) is 0.856. The van der Waals surface area contributed by atoms with Crippen LogP contribution in [-0.2, 0) is 16.0 Å². The van der Waals surface area contributed by atoms with Gasteiger partial charge in [0.05, 0.1) is 0 Å². The Hall–Kier alpha value is -1.88. The number of hydrogen-bond acceptors (Lipinski definition) is 3. The molecule has 0 aromatic heterocycles. The Morgan fingerprint density at radius 2 is 2.14 bits per heavy atom. The zero-order valence-corrected chi connectivity index (χ0v) is 12.5. The molecule has 21 heavy (non-hydrogen) atoms. The van der Waals surface area contributed by atoms with Gasteiger partial charge >= 0.3 is 5.97 Å². The Bertz CT molecular complexity index is 544. The summed E-state index contributed by atoms with van der Waals surface area (Å²) < 4.78 is 0. The minimum absolute atomic E-state index is 0.277. The molecule has 0 saturated carbocycles. The predicted molar refractivity (Wildman–Crippen MR) is 80.0 cm³/mol. The van der Waals surface area contributed by atoms with Gasteiger partial charge in [-0.2, -0.15) is 0 Å². The molecule has 5 heteroatoms. The maximum Gasteiger partial charge on any atom is 0.329 e. The molecule has 0 aliphatic carbocycles. The van der Waals surface area contributed by atoms with E-state index in [2.05, 4.69) is 10.6 Å². The third kappa shape index (κ3) is 3.24. The first-order valence-corrected chi connectivity index (χ1v) is 7.34. The van der Waals surface area contributed by atoms with Crippen molar-refractivity contribution < 1.29 is 14.7 Å². The zero-order chi connectivity index (χ0) is 15.5. The van der Waals surface area contributed by atoms with Gasteiger partial charge < -0.3 is 15.7 Å². The number of benzene rings is 1. The molecule has 3 N–H and O–H groups in total. The van der Waals surface area contributed by atoms with Crippen LogP contribution in [0.25, 0.3) is 0 Å². The van der Waals surface area contributed by atoms with Gasteiger partial charge in [-0.15, -0.1) is 0 Å². The second-order valence-electron chi connectivity index (χ2n) is 5.71. The molecule has 114 valence electrons. The fraction of sp³-hybridized carbons (Fsp3) is 0.500. The molecule has 1 aromatic rings. The lowest BCUT2D eigenvalue weighted by atomic mass is 9.91. The highest BCUT2D eigenvalue weighted by molar-refractivity contribution is 5.90. The van der Waals surface area contributed by atoms with E-state index in [9.17, 15) is 14.7 Å². The number of carboxylic acids is 1. The van der Waals surface area contributed by atoms with E-state index in [0.29, 0.717) is 19.4 Å². The molecular weight excluding hydrogens is 268 g/mol. The molecule has 0 saturated heterocycles. The predicted octanol–water partition coefficient (Wildman–Crippen LogP) is 1.63. The normalized spacial score (nSPS) is 20.2. The maximum absolute atomic E-state index is 12.5. The second kappa shape index (κ2) is 6.26. The van der Waals surface area contributed by atoms with Gasteiger partial charge in [0.2, 0.25) is 5.91 Å². The largest absolute Gasteiger partial charge is 0.480 e. The third-order valence-corrected chi connectivity index (χ3v) is 3.99. The van der Waals surface area contributed by atoms with E-state index < -0.39 is 17.6 Å². The summed E-state index contributed by atoms with van der Waals surface area (Å²) in [5, 5.41) is 15.2. The quantitative estimate of drug-likeness (QED) is 0.770. The number of fused-ring (bicyclic) bond motifs is 1. The van der Waals surface area contributed by atoms with E-state index in [-0.39, 0.29) is 5.91 Å². The highest BCUT2D eigenvalue weighted by atomic mass is 16.4. The van der Waals surface area contributed by atoms with E-state index in [1.54, 1.807) is 6.92 Å². The smallest absolute Gasteiger partial charge is 0.329 e. The van der Waals surface area contributed by atoms with Gasteiger partial charge in [-0.3, -0.25) is 4.79 Å². The molecular formula is C16H22N2O3. The lowest BCUT2D eigenvalue weighted by molar-refractivity contribution is -0.147. The van der Waals surface area contributed by atoms with Crippen molar-refractivity contribution >= 4 is 11.9 Å². The molecule has 2 rings (SSSR count). The first kappa shape index (κ1) is 15.5. The third-order valence-electron chi connectivity index (χ3n) is 3.99. The SMILES string of the molecule is CCCC(C)(NC(=O)C1NCCc2ccccc21)C(=O)O. The van der Waals surface area contributed by atoms with E-state index >= 15 is 0 Å². The lowest BCUT2D eigenvalue weighted by Gasteiger charge is -2.31. The average molecular weight is 290 g/mol. The number of rotatable bonds is 5. The number of carbonyl (C=O) groups excluding carboxylic acids is 1.